The lowest BCUT2D eigenvalue weighted by Gasteiger charge is -2.06. The second-order valence-corrected chi connectivity index (χ2v) is 4.38. The third-order valence-electron chi connectivity index (χ3n) is 3.32. The Hall–Kier alpha value is -2.23. The van der Waals surface area contributed by atoms with E-state index in [1.165, 1.54) is 11.0 Å². The molecule has 0 aliphatic heterocycles. The van der Waals surface area contributed by atoms with Crippen molar-refractivity contribution in [3.63, 3.8) is 0 Å². The van der Waals surface area contributed by atoms with E-state index < -0.39 is 0 Å². The molecule has 3 rings (SSSR count). The number of hydrogen-bond acceptors (Lipinski definition) is 1. The summed E-state index contributed by atoms with van der Waals surface area (Å²) in [6.07, 6.45) is 4.15. The van der Waals surface area contributed by atoms with Gasteiger partial charge < -0.3 is 9.30 Å². The lowest BCUT2D eigenvalue weighted by Crippen LogP contribution is -2.35. The zero-order valence-corrected chi connectivity index (χ0v) is 10.8. The molecule has 0 fully saturated rings. The van der Waals surface area contributed by atoms with Crippen LogP contribution in [0.3, 0.4) is 0 Å². The van der Waals surface area contributed by atoms with Crippen molar-refractivity contribution in [2.75, 3.05) is 7.11 Å². The van der Waals surface area contributed by atoms with Gasteiger partial charge in [0.1, 0.15) is 0 Å². The fraction of sp³-hybridized carbons (Fsp3) is 0.214. The van der Waals surface area contributed by atoms with E-state index in [1.807, 2.05) is 23.7 Å². The summed E-state index contributed by atoms with van der Waals surface area (Å²) in [7, 11) is 5.74. The molecule has 0 atom stereocenters. The van der Waals surface area contributed by atoms with Gasteiger partial charge in [-0.1, -0.05) is 0 Å². The Kier molecular flexibility index (Phi) is 2.37. The van der Waals surface area contributed by atoms with Gasteiger partial charge in [-0.25, -0.2) is 0 Å². The molecule has 0 aliphatic carbocycles. The van der Waals surface area contributed by atoms with E-state index in [9.17, 15) is 0 Å². The monoisotopic (exact) mass is 242 g/mol. The number of ether oxygens (including phenoxy) is 1. The highest BCUT2D eigenvalue weighted by Gasteiger charge is 2.17. The second-order valence-electron chi connectivity index (χ2n) is 4.38. The van der Waals surface area contributed by atoms with Crippen LogP contribution in [-0.4, -0.2) is 16.2 Å². The Labute approximate surface area is 106 Å². The maximum Gasteiger partial charge on any atom is 0.290 e. The third-order valence-corrected chi connectivity index (χ3v) is 3.32. The van der Waals surface area contributed by atoms with Gasteiger partial charge in [0.25, 0.3) is 11.7 Å². The van der Waals surface area contributed by atoms with Gasteiger partial charge in [-0.15, -0.1) is 0 Å². The fourth-order valence-corrected chi connectivity index (χ4v) is 2.39. The highest BCUT2D eigenvalue weighted by Crippen LogP contribution is 2.19. The number of methoxy groups -OCH3 is 1. The van der Waals surface area contributed by atoms with Crippen LogP contribution in [0.4, 0.5) is 0 Å². The predicted octanol–water partition coefficient (Wildman–Crippen LogP) is 1.80. The van der Waals surface area contributed by atoms with Crippen molar-refractivity contribution >= 4 is 11.0 Å². The first-order valence-electron chi connectivity index (χ1n) is 5.88. The standard InChI is InChI=1S/C14H16N3O/c1-15-9-7-11-8-10-17(14(11)15)12-5-4-6-13(18-3)16(12)2/h4-10H,1-3H3/q+1. The molecule has 4 heteroatoms. The van der Waals surface area contributed by atoms with Crippen LogP contribution in [0.5, 0.6) is 5.88 Å². The molecule has 3 aromatic heterocycles. The summed E-state index contributed by atoms with van der Waals surface area (Å²) in [5, 5.41) is 1.24. The lowest BCUT2D eigenvalue weighted by atomic mass is 10.4. The average Bonchev–Trinajstić information content (AvgIpc) is 2.94. The summed E-state index contributed by atoms with van der Waals surface area (Å²) in [5.74, 6) is 1.91. The molecule has 0 aliphatic rings. The second kappa shape index (κ2) is 3.91. The van der Waals surface area contributed by atoms with E-state index in [2.05, 4.69) is 46.8 Å². The van der Waals surface area contributed by atoms with E-state index in [1.54, 1.807) is 7.11 Å². The molecule has 3 aromatic rings. The van der Waals surface area contributed by atoms with Crippen molar-refractivity contribution in [3.05, 3.63) is 42.7 Å². The fourth-order valence-electron chi connectivity index (χ4n) is 2.39. The molecule has 0 unspecified atom stereocenters. The number of nitrogens with zero attached hydrogens (tertiary/aromatic N) is 3. The highest BCUT2D eigenvalue weighted by molar-refractivity contribution is 5.79. The Morgan fingerprint density at radius 2 is 1.89 bits per heavy atom. The number of aryl methyl sites for hydroxylation is 1. The summed E-state index contributed by atoms with van der Waals surface area (Å²) in [5.41, 5.74) is 1.18. The van der Waals surface area contributed by atoms with Crippen molar-refractivity contribution in [2.24, 2.45) is 14.1 Å². The normalized spacial score (nSPS) is 11.1. The third kappa shape index (κ3) is 1.42. The maximum absolute atomic E-state index is 5.35. The van der Waals surface area contributed by atoms with E-state index >= 15 is 0 Å². The average molecular weight is 242 g/mol. The largest absolute Gasteiger partial charge is 0.466 e. The molecule has 0 saturated heterocycles. The van der Waals surface area contributed by atoms with Crippen molar-refractivity contribution in [2.45, 2.75) is 0 Å². The van der Waals surface area contributed by atoms with Crippen LogP contribution in [0.25, 0.3) is 16.9 Å². The molecule has 0 radical (unpaired) electrons. The summed E-state index contributed by atoms with van der Waals surface area (Å²) in [6.45, 7) is 0. The molecule has 0 N–H and O–H groups in total. The van der Waals surface area contributed by atoms with Gasteiger partial charge in [0.05, 0.1) is 20.4 Å². The molecule has 0 aromatic carbocycles. The summed E-state index contributed by atoms with van der Waals surface area (Å²) in [4.78, 5) is 0. The molecule has 0 bridgehead atoms. The molecule has 0 saturated carbocycles. The number of aromatic nitrogens is 3. The quantitative estimate of drug-likeness (QED) is 0.628. The van der Waals surface area contributed by atoms with Crippen LogP contribution >= 0.6 is 0 Å². The Bertz CT molecular complexity index is 709. The number of rotatable bonds is 2. The highest BCUT2D eigenvalue weighted by atomic mass is 16.5. The summed E-state index contributed by atoms with van der Waals surface area (Å²) < 4.78 is 11.7. The van der Waals surface area contributed by atoms with Gasteiger partial charge in [0.15, 0.2) is 0 Å². The van der Waals surface area contributed by atoms with E-state index in [0.717, 1.165) is 11.7 Å². The van der Waals surface area contributed by atoms with Gasteiger partial charge in [0, 0.05) is 30.8 Å². The van der Waals surface area contributed by atoms with Crippen molar-refractivity contribution < 1.29 is 9.30 Å². The maximum atomic E-state index is 5.35. The minimum atomic E-state index is 0.837. The lowest BCUT2D eigenvalue weighted by molar-refractivity contribution is -0.670. The van der Waals surface area contributed by atoms with Gasteiger partial charge in [-0.3, -0.25) is 0 Å². The Morgan fingerprint density at radius 1 is 1.11 bits per heavy atom. The van der Waals surface area contributed by atoms with Crippen molar-refractivity contribution in [3.8, 4) is 11.7 Å². The minimum Gasteiger partial charge on any atom is -0.466 e. The van der Waals surface area contributed by atoms with Crippen LogP contribution in [0.2, 0.25) is 0 Å². The van der Waals surface area contributed by atoms with Gasteiger partial charge in [0.2, 0.25) is 5.65 Å². The topological polar surface area (TPSA) is 23.0 Å². The first-order valence-corrected chi connectivity index (χ1v) is 5.88. The van der Waals surface area contributed by atoms with Crippen LogP contribution in [0.15, 0.2) is 42.7 Å². The molecule has 4 nitrogen and oxygen atoms in total. The summed E-state index contributed by atoms with van der Waals surface area (Å²) >= 11 is 0. The van der Waals surface area contributed by atoms with E-state index in [0.29, 0.717) is 0 Å². The van der Waals surface area contributed by atoms with Crippen LogP contribution in [0, 0.1) is 0 Å². The predicted molar refractivity (Wildman–Crippen MR) is 70.0 cm³/mol. The van der Waals surface area contributed by atoms with Crippen LogP contribution in [-0.2, 0) is 14.1 Å². The zero-order valence-electron chi connectivity index (χ0n) is 10.8. The zero-order chi connectivity index (χ0) is 12.7. The summed E-state index contributed by atoms with van der Waals surface area (Å²) in [6, 6.07) is 10.3. The molecular weight excluding hydrogens is 226 g/mol. The molecule has 18 heavy (non-hydrogen) atoms. The Morgan fingerprint density at radius 3 is 2.67 bits per heavy atom. The van der Waals surface area contributed by atoms with Crippen molar-refractivity contribution in [1.29, 1.82) is 0 Å². The smallest absolute Gasteiger partial charge is 0.290 e. The minimum absolute atomic E-state index is 0.837. The number of hydrogen-bond donors (Lipinski definition) is 0. The first-order chi connectivity index (χ1) is 8.72. The molecule has 3 heterocycles. The number of pyridine rings is 1. The molecule has 0 spiro atoms. The SMILES string of the molecule is COc1cccc(-n2ccc3ccn(C)c32)[n+]1C. The molecule has 0 amide bonds. The van der Waals surface area contributed by atoms with Crippen LogP contribution < -0.4 is 9.30 Å². The number of fused-ring (bicyclic) bond motifs is 1. The first kappa shape index (κ1) is 10.9. The van der Waals surface area contributed by atoms with E-state index in [-0.39, 0.29) is 0 Å². The van der Waals surface area contributed by atoms with E-state index in [4.69, 9.17) is 4.74 Å². The van der Waals surface area contributed by atoms with Crippen LogP contribution in [0.1, 0.15) is 0 Å². The van der Waals surface area contributed by atoms with Gasteiger partial charge in [-0.2, -0.15) is 9.13 Å². The van der Waals surface area contributed by atoms with Gasteiger partial charge in [-0.05, 0) is 18.2 Å². The Balaban J connectivity index is 2.29. The molecule has 92 valence electrons. The molecular formula is C14H16N3O+. The van der Waals surface area contributed by atoms with Gasteiger partial charge >= 0.3 is 0 Å². The van der Waals surface area contributed by atoms with Crippen molar-refractivity contribution in [1.82, 2.24) is 9.13 Å².